The number of pyridine rings is 1. The van der Waals surface area contributed by atoms with Crippen LogP contribution in [0.15, 0.2) is 83.6 Å². The Labute approximate surface area is 182 Å². The molecule has 2 aromatic carbocycles. The third kappa shape index (κ3) is 4.48. The quantitative estimate of drug-likeness (QED) is 0.441. The number of anilines is 1. The van der Waals surface area contributed by atoms with Crippen LogP contribution >= 0.6 is 15.9 Å². The van der Waals surface area contributed by atoms with E-state index in [1.165, 1.54) is 0 Å². The molecule has 146 valence electrons. The number of nitrogens with zero attached hydrogens (tertiary/aromatic N) is 3. The summed E-state index contributed by atoms with van der Waals surface area (Å²) in [6.07, 6.45) is 3.29. The SMILES string of the molecule is Cc1c(C(=O)Nc2cccc(C#Cc3ccccn3)c2)cnn1-c1ccc(Br)cc1. The maximum Gasteiger partial charge on any atom is 0.259 e. The van der Waals surface area contributed by atoms with E-state index in [4.69, 9.17) is 0 Å². The molecule has 4 rings (SSSR count). The minimum atomic E-state index is -0.217. The molecule has 1 N–H and O–H groups in total. The summed E-state index contributed by atoms with van der Waals surface area (Å²) in [7, 11) is 0. The van der Waals surface area contributed by atoms with Crippen LogP contribution in [-0.4, -0.2) is 20.7 Å². The highest BCUT2D eigenvalue weighted by Crippen LogP contribution is 2.19. The molecular weight excluding hydrogens is 440 g/mol. The lowest BCUT2D eigenvalue weighted by molar-refractivity contribution is 0.102. The van der Waals surface area contributed by atoms with Crippen molar-refractivity contribution in [1.82, 2.24) is 14.8 Å². The van der Waals surface area contributed by atoms with Gasteiger partial charge in [0.2, 0.25) is 0 Å². The number of nitrogens with one attached hydrogen (secondary N) is 1. The van der Waals surface area contributed by atoms with Crippen LogP contribution in [0.2, 0.25) is 0 Å². The molecule has 0 atom stereocenters. The highest BCUT2D eigenvalue weighted by molar-refractivity contribution is 9.10. The molecule has 30 heavy (non-hydrogen) atoms. The van der Waals surface area contributed by atoms with Crippen LogP contribution in [0.25, 0.3) is 5.69 Å². The molecule has 0 spiro atoms. The predicted octanol–water partition coefficient (Wildman–Crippen LogP) is 4.99. The van der Waals surface area contributed by atoms with Crippen molar-refractivity contribution in [3.05, 3.63) is 106 Å². The second-order valence-corrected chi connectivity index (χ2v) is 7.45. The summed E-state index contributed by atoms with van der Waals surface area (Å²) < 4.78 is 2.73. The van der Waals surface area contributed by atoms with Gasteiger partial charge in [-0.25, -0.2) is 9.67 Å². The van der Waals surface area contributed by atoms with Crippen molar-refractivity contribution in [1.29, 1.82) is 0 Å². The Hall–Kier alpha value is -3.69. The van der Waals surface area contributed by atoms with Crippen molar-refractivity contribution in [3.63, 3.8) is 0 Å². The smallest absolute Gasteiger partial charge is 0.259 e. The zero-order valence-electron chi connectivity index (χ0n) is 16.1. The summed E-state index contributed by atoms with van der Waals surface area (Å²) in [5, 5.41) is 7.30. The summed E-state index contributed by atoms with van der Waals surface area (Å²) >= 11 is 3.43. The van der Waals surface area contributed by atoms with Gasteiger partial charge in [-0.05, 0) is 67.4 Å². The molecular formula is C24H17BrN4O. The molecule has 0 unspecified atom stereocenters. The Kier molecular flexibility index (Phi) is 5.73. The second kappa shape index (κ2) is 8.76. The van der Waals surface area contributed by atoms with E-state index in [2.05, 4.69) is 43.2 Å². The van der Waals surface area contributed by atoms with E-state index < -0.39 is 0 Å². The highest BCUT2D eigenvalue weighted by atomic mass is 79.9. The maximum absolute atomic E-state index is 12.8. The average Bonchev–Trinajstić information content (AvgIpc) is 3.15. The molecule has 0 aliphatic carbocycles. The Morgan fingerprint density at radius 3 is 2.63 bits per heavy atom. The molecule has 0 fully saturated rings. The molecule has 0 aliphatic rings. The fourth-order valence-corrected chi connectivity index (χ4v) is 3.19. The summed E-state index contributed by atoms with van der Waals surface area (Å²) in [6, 6.07) is 20.8. The van der Waals surface area contributed by atoms with Crippen molar-refractivity contribution in [3.8, 4) is 17.5 Å². The minimum absolute atomic E-state index is 0.217. The summed E-state index contributed by atoms with van der Waals surface area (Å²) in [5.74, 6) is 5.87. The van der Waals surface area contributed by atoms with Crippen LogP contribution in [0.5, 0.6) is 0 Å². The van der Waals surface area contributed by atoms with Crippen LogP contribution in [-0.2, 0) is 0 Å². The van der Waals surface area contributed by atoms with E-state index in [9.17, 15) is 4.79 Å². The molecule has 4 aromatic rings. The third-order valence-electron chi connectivity index (χ3n) is 4.45. The maximum atomic E-state index is 12.8. The number of carbonyl (C=O) groups excluding carboxylic acids is 1. The molecule has 0 bridgehead atoms. The third-order valence-corrected chi connectivity index (χ3v) is 4.97. The number of benzene rings is 2. The van der Waals surface area contributed by atoms with Gasteiger partial charge in [-0.15, -0.1) is 0 Å². The van der Waals surface area contributed by atoms with Gasteiger partial charge in [-0.3, -0.25) is 4.79 Å². The van der Waals surface area contributed by atoms with Gasteiger partial charge in [-0.2, -0.15) is 5.10 Å². The number of hydrogen-bond acceptors (Lipinski definition) is 3. The zero-order valence-corrected chi connectivity index (χ0v) is 17.7. The number of rotatable bonds is 3. The molecule has 2 heterocycles. The van der Waals surface area contributed by atoms with Crippen LogP contribution in [0.1, 0.15) is 27.3 Å². The van der Waals surface area contributed by atoms with E-state index in [1.54, 1.807) is 17.1 Å². The fourth-order valence-electron chi connectivity index (χ4n) is 2.92. The lowest BCUT2D eigenvalue weighted by Crippen LogP contribution is -2.13. The number of amides is 1. The van der Waals surface area contributed by atoms with Crippen LogP contribution in [0.4, 0.5) is 5.69 Å². The fraction of sp³-hybridized carbons (Fsp3) is 0.0417. The molecule has 0 aliphatic heterocycles. The number of aromatic nitrogens is 3. The first-order valence-electron chi connectivity index (χ1n) is 9.25. The van der Waals surface area contributed by atoms with Crippen molar-refractivity contribution >= 4 is 27.5 Å². The molecule has 1 amide bonds. The Balaban J connectivity index is 1.52. The number of carbonyl (C=O) groups is 1. The molecule has 0 radical (unpaired) electrons. The first-order chi connectivity index (χ1) is 14.6. The van der Waals surface area contributed by atoms with Crippen molar-refractivity contribution in [2.75, 3.05) is 5.32 Å². The monoisotopic (exact) mass is 456 g/mol. The molecule has 5 nitrogen and oxygen atoms in total. The van der Waals surface area contributed by atoms with Crippen LogP contribution in [0.3, 0.4) is 0 Å². The topological polar surface area (TPSA) is 59.8 Å². The van der Waals surface area contributed by atoms with E-state index >= 15 is 0 Å². The van der Waals surface area contributed by atoms with E-state index in [-0.39, 0.29) is 5.91 Å². The Bertz CT molecular complexity index is 1250. The van der Waals surface area contributed by atoms with Gasteiger partial charge in [0.25, 0.3) is 5.91 Å². The van der Waals surface area contributed by atoms with Crippen molar-refractivity contribution in [2.24, 2.45) is 0 Å². The molecule has 2 aromatic heterocycles. The van der Waals surface area contributed by atoms with Gasteiger partial charge in [-0.1, -0.05) is 34.0 Å². The summed E-state index contributed by atoms with van der Waals surface area (Å²) in [6.45, 7) is 1.87. The van der Waals surface area contributed by atoms with Gasteiger partial charge in [0.15, 0.2) is 0 Å². The lowest BCUT2D eigenvalue weighted by atomic mass is 10.2. The van der Waals surface area contributed by atoms with E-state index in [1.807, 2.05) is 73.7 Å². The van der Waals surface area contributed by atoms with Crippen LogP contribution in [0, 0.1) is 18.8 Å². The molecule has 0 saturated heterocycles. The largest absolute Gasteiger partial charge is 0.322 e. The van der Waals surface area contributed by atoms with Gasteiger partial charge in [0, 0.05) is 21.9 Å². The zero-order chi connectivity index (χ0) is 20.9. The van der Waals surface area contributed by atoms with Crippen LogP contribution < -0.4 is 5.32 Å². The molecule has 0 saturated carbocycles. The van der Waals surface area contributed by atoms with Gasteiger partial charge in [0.05, 0.1) is 23.1 Å². The van der Waals surface area contributed by atoms with E-state index in [0.29, 0.717) is 16.9 Å². The van der Waals surface area contributed by atoms with Crippen molar-refractivity contribution < 1.29 is 4.79 Å². The standard InChI is InChI=1S/C24H17BrN4O/c1-17-23(16-27-29(17)22-12-9-19(25)10-13-22)24(30)28-21-7-4-5-18(15-21)8-11-20-6-2-3-14-26-20/h2-7,9-10,12-16H,1H3,(H,28,30). The summed E-state index contributed by atoms with van der Waals surface area (Å²) in [4.78, 5) is 17.0. The van der Waals surface area contributed by atoms with Gasteiger partial charge < -0.3 is 5.32 Å². The first-order valence-corrected chi connectivity index (χ1v) is 10.0. The van der Waals surface area contributed by atoms with E-state index in [0.717, 1.165) is 21.4 Å². The Morgan fingerprint density at radius 2 is 1.87 bits per heavy atom. The lowest BCUT2D eigenvalue weighted by Gasteiger charge is -2.07. The van der Waals surface area contributed by atoms with Gasteiger partial charge in [0.1, 0.15) is 5.69 Å². The highest BCUT2D eigenvalue weighted by Gasteiger charge is 2.15. The predicted molar refractivity (Wildman–Crippen MR) is 121 cm³/mol. The second-order valence-electron chi connectivity index (χ2n) is 6.53. The number of halogens is 1. The van der Waals surface area contributed by atoms with Crippen molar-refractivity contribution in [2.45, 2.75) is 6.92 Å². The molecule has 6 heteroatoms. The average molecular weight is 457 g/mol. The Morgan fingerprint density at radius 1 is 1.03 bits per heavy atom. The normalized spacial score (nSPS) is 10.2. The number of hydrogen-bond donors (Lipinski definition) is 1. The summed E-state index contributed by atoms with van der Waals surface area (Å²) in [5.41, 5.74) is 4.33. The first kappa shape index (κ1) is 19.6. The van der Waals surface area contributed by atoms with Gasteiger partial charge >= 0.3 is 0 Å². The minimum Gasteiger partial charge on any atom is -0.322 e.